The average Bonchev–Trinajstić information content (AvgIpc) is 3.63. The van der Waals surface area contributed by atoms with Gasteiger partial charge in [0.25, 0.3) is 0 Å². The Morgan fingerprint density at radius 1 is 0.679 bits per heavy atom. The van der Waals surface area contributed by atoms with E-state index in [9.17, 15) is 0 Å². The second-order valence-electron chi connectivity index (χ2n) is 16.9. The van der Waals surface area contributed by atoms with Crippen molar-refractivity contribution < 1.29 is 0 Å². The quantitative estimate of drug-likeness (QED) is 0.154. The predicted molar refractivity (Wildman–Crippen MR) is 240 cm³/mol. The van der Waals surface area contributed by atoms with Gasteiger partial charge in [0.1, 0.15) is 0 Å². The molecular formula is C55H53N. The Morgan fingerprint density at radius 3 is 2.12 bits per heavy atom. The fourth-order valence-electron chi connectivity index (χ4n) is 10.4. The van der Waals surface area contributed by atoms with Gasteiger partial charge in [-0.2, -0.15) is 0 Å². The maximum atomic E-state index is 2.66. The second-order valence-corrected chi connectivity index (χ2v) is 16.9. The molecule has 56 heavy (non-hydrogen) atoms. The molecule has 0 saturated carbocycles. The molecule has 0 saturated heterocycles. The number of hydrogen-bond acceptors (Lipinski definition) is 1. The van der Waals surface area contributed by atoms with Gasteiger partial charge in [0, 0.05) is 27.8 Å². The molecule has 1 heteroatoms. The van der Waals surface area contributed by atoms with E-state index >= 15 is 0 Å². The minimum Gasteiger partial charge on any atom is -0.331 e. The Labute approximate surface area is 334 Å². The summed E-state index contributed by atoms with van der Waals surface area (Å²) >= 11 is 0. The minimum absolute atomic E-state index is 0.101. The van der Waals surface area contributed by atoms with Crippen molar-refractivity contribution in [2.24, 2.45) is 0 Å². The first-order valence-corrected chi connectivity index (χ1v) is 20.7. The van der Waals surface area contributed by atoms with Crippen molar-refractivity contribution in [2.75, 3.05) is 4.90 Å². The number of para-hydroxylation sites is 1. The summed E-state index contributed by atoms with van der Waals surface area (Å²) in [6.07, 6.45) is 20.9. The molecule has 0 fully saturated rings. The maximum absolute atomic E-state index is 2.66. The van der Waals surface area contributed by atoms with Crippen LogP contribution in [0.1, 0.15) is 101 Å². The molecule has 4 aliphatic carbocycles. The SMILES string of the molecule is C/C=C\C1=C(CC)c2ccc(N(c3ccccc3-c3cccc4c3C3=CCCC=C3C4(C)c3ccccc3)C3(C)C=CC(c4ccccc4)=CC3)cc2C1(C)C. The molecule has 1 nitrogen and oxygen atoms in total. The zero-order valence-corrected chi connectivity index (χ0v) is 33.9. The normalized spacial score (nSPS) is 22.0. The predicted octanol–water partition coefficient (Wildman–Crippen LogP) is 14.7. The van der Waals surface area contributed by atoms with Gasteiger partial charge < -0.3 is 4.90 Å². The summed E-state index contributed by atoms with van der Waals surface area (Å²) in [6.45, 7) is 14.1. The van der Waals surface area contributed by atoms with Gasteiger partial charge >= 0.3 is 0 Å². The standard InChI is InChI=1S/C55H53N/c1-7-20-47-42(8-2)43-32-31-41(37-50(43)53(47,3)4)56(54(5)35-33-39(34-36-54)38-21-11-9-12-22-38)51-30-18-16-25-44(51)45-27-19-29-49-52(45)46-26-15-17-28-48(46)55(49,6)40-23-13-10-14-24-40/h7,9-14,16,18-35,37H,8,15,17,36H2,1-6H3/b20-7-. The molecule has 5 aromatic rings. The zero-order valence-electron chi connectivity index (χ0n) is 33.9. The minimum atomic E-state index is -0.329. The van der Waals surface area contributed by atoms with Crippen LogP contribution in [-0.2, 0) is 10.8 Å². The van der Waals surface area contributed by atoms with E-state index in [-0.39, 0.29) is 16.4 Å². The Balaban J connectivity index is 1.25. The van der Waals surface area contributed by atoms with E-state index in [0.29, 0.717) is 0 Å². The van der Waals surface area contributed by atoms with E-state index in [1.165, 1.54) is 83.7 Å². The first-order chi connectivity index (χ1) is 27.2. The van der Waals surface area contributed by atoms with Gasteiger partial charge in [0.15, 0.2) is 0 Å². The van der Waals surface area contributed by atoms with Gasteiger partial charge in [-0.05, 0) is 131 Å². The van der Waals surface area contributed by atoms with E-state index < -0.39 is 0 Å². The fraction of sp³-hybridized carbons (Fsp3) is 0.236. The van der Waals surface area contributed by atoms with Crippen LogP contribution in [0.5, 0.6) is 0 Å². The van der Waals surface area contributed by atoms with Gasteiger partial charge in [0.05, 0.1) is 5.54 Å². The van der Waals surface area contributed by atoms with E-state index in [2.05, 4.69) is 210 Å². The molecule has 2 atom stereocenters. The van der Waals surface area contributed by atoms with Crippen LogP contribution < -0.4 is 4.90 Å². The van der Waals surface area contributed by atoms with Crippen molar-refractivity contribution in [1.29, 1.82) is 0 Å². The summed E-state index contributed by atoms with van der Waals surface area (Å²) < 4.78 is 0. The number of allylic oxidation sites excluding steroid dienone is 10. The topological polar surface area (TPSA) is 3.24 Å². The van der Waals surface area contributed by atoms with Crippen LogP contribution in [-0.4, -0.2) is 5.54 Å². The average molecular weight is 728 g/mol. The largest absolute Gasteiger partial charge is 0.331 e. The molecule has 0 N–H and O–H groups in total. The number of anilines is 2. The summed E-state index contributed by atoms with van der Waals surface area (Å²) in [4.78, 5) is 2.66. The Morgan fingerprint density at radius 2 is 1.39 bits per heavy atom. The number of nitrogens with zero attached hydrogens (tertiary/aromatic N) is 1. The first kappa shape index (κ1) is 36.0. The lowest BCUT2D eigenvalue weighted by atomic mass is 9.73. The molecule has 0 bridgehead atoms. The third kappa shape index (κ3) is 5.50. The highest BCUT2D eigenvalue weighted by molar-refractivity contribution is 6.01. The highest BCUT2D eigenvalue weighted by Crippen LogP contribution is 2.58. The molecular weight excluding hydrogens is 675 g/mol. The first-order valence-electron chi connectivity index (χ1n) is 20.7. The fourth-order valence-corrected chi connectivity index (χ4v) is 10.4. The number of rotatable bonds is 8. The van der Waals surface area contributed by atoms with Crippen molar-refractivity contribution in [1.82, 2.24) is 0 Å². The van der Waals surface area contributed by atoms with Gasteiger partial charge in [-0.25, -0.2) is 0 Å². The number of benzene rings is 5. The van der Waals surface area contributed by atoms with Crippen LogP contribution in [0.25, 0.3) is 27.8 Å². The highest BCUT2D eigenvalue weighted by Gasteiger charge is 2.45. The molecule has 0 aromatic heterocycles. The highest BCUT2D eigenvalue weighted by atomic mass is 15.2. The number of hydrogen-bond donors (Lipinski definition) is 0. The third-order valence-electron chi connectivity index (χ3n) is 13.3. The summed E-state index contributed by atoms with van der Waals surface area (Å²) in [5, 5.41) is 0. The molecule has 0 radical (unpaired) electrons. The van der Waals surface area contributed by atoms with Crippen LogP contribution in [0.4, 0.5) is 11.4 Å². The third-order valence-corrected chi connectivity index (χ3v) is 13.3. The Bertz CT molecular complexity index is 2530. The Kier molecular flexibility index (Phi) is 8.89. The molecule has 9 rings (SSSR count). The molecule has 4 aliphatic rings. The molecule has 5 aromatic carbocycles. The van der Waals surface area contributed by atoms with Crippen LogP contribution in [0.3, 0.4) is 0 Å². The molecule has 2 unspecified atom stereocenters. The van der Waals surface area contributed by atoms with E-state index in [1.807, 2.05) is 0 Å². The van der Waals surface area contributed by atoms with Crippen molar-refractivity contribution in [3.8, 4) is 11.1 Å². The van der Waals surface area contributed by atoms with Gasteiger partial charge in [-0.3, -0.25) is 0 Å². The van der Waals surface area contributed by atoms with Crippen LogP contribution in [0.15, 0.2) is 175 Å². The van der Waals surface area contributed by atoms with Crippen LogP contribution in [0.2, 0.25) is 0 Å². The molecule has 278 valence electrons. The Hall–Kier alpha value is -5.66. The second kappa shape index (κ2) is 13.8. The summed E-state index contributed by atoms with van der Waals surface area (Å²) in [5.41, 5.74) is 19.6. The van der Waals surface area contributed by atoms with Gasteiger partial charge in [0.2, 0.25) is 0 Å². The van der Waals surface area contributed by atoms with E-state index in [4.69, 9.17) is 0 Å². The molecule has 0 heterocycles. The van der Waals surface area contributed by atoms with Crippen molar-refractivity contribution in [3.05, 3.63) is 208 Å². The van der Waals surface area contributed by atoms with Crippen LogP contribution >= 0.6 is 0 Å². The van der Waals surface area contributed by atoms with Gasteiger partial charge in [-0.15, -0.1) is 0 Å². The molecule has 0 amide bonds. The summed E-state index contributed by atoms with van der Waals surface area (Å²) in [6, 6.07) is 45.5. The maximum Gasteiger partial charge on any atom is 0.0643 e. The van der Waals surface area contributed by atoms with Crippen molar-refractivity contribution in [3.63, 3.8) is 0 Å². The summed E-state index contributed by atoms with van der Waals surface area (Å²) in [5.74, 6) is 0. The van der Waals surface area contributed by atoms with Crippen molar-refractivity contribution >= 4 is 28.1 Å². The lowest BCUT2D eigenvalue weighted by Crippen LogP contribution is -2.42. The smallest absolute Gasteiger partial charge is 0.0643 e. The lowest BCUT2D eigenvalue weighted by Gasteiger charge is -2.43. The van der Waals surface area contributed by atoms with E-state index in [0.717, 1.165) is 25.7 Å². The lowest BCUT2D eigenvalue weighted by molar-refractivity contribution is 0.570. The number of fused-ring (bicyclic) bond motifs is 4. The molecule has 0 aliphatic heterocycles. The van der Waals surface area contributed by atoms with E-state index in [1.54, 1.807) is 0 Å². The zero-order chi connectivity index (χ0) is 38.7. The molecule has 0 spiro atoms. The van der Waals surface area contributed by atoms with Gasteiger partial charge in [-0.1, -0.05) is 166 Å². The van der Waals surface area contributed by atoms with Crippen molar-refractivity contribution in [2.45, 2.75) is 83.6 Å². The monoisotopic (exact) mass is 727 g/mol. The summed E-state index contributed by atoms with van der Waals surface area (Å²) in [7, 11) is 0. The van der Waals surface area contributed by atoms with Crippen LogP contribution in [0, 0.1) is 0 Å².